The second-order valence-electron chi connectivity index (χ2n) is 3.86. The van der Waals surface area contributed by atoms with E-state index in [2.05, 4.69) is 34.7 Å². The zero-order valence-electron chi connectivity index (χ0n) is 8.52. The number of cyclic esters (lactones) is 1. The highest BCUT2D eigenvalue weighted by atomic mass is 127. The molecule has 1 fully saturated rings. The number of alkyl halides is 1. The molecule has 1 aliphatic heterocycles. The molecule has 0 spiro atoms. The Kier molecular flexibility index (Phi) is 3.29. The van der Waals surface area contributed by atoms with Crippen LogP contribution in [0.4, 0.5) is 0 Å². The molecule has 1 aromatic carbocycles. The molecule has 0 N–H and O–H groups in total. The van der Waals surface area contributed by atoms with E-state index in [1.807, 2.05) is 25.1 Å². The molecule has 1 heterocycles. The van der Waals surface area contributed by atoms with Gasteiger partial charge in [0.15, 0.2) is 0 Å². The topological polar surface area (TPSA) is 26.3 Å². The maximum absolute atomic E-state index is 11.4. The van der Waals surface area contributed by atoms with Crippen LogP contribution < -0.4 is 0 Å². The van der Waals surface area contributed by atoms with Crippen molar-refractivity contribution < 1.29 is 9.53 Å². The summed E-state index contributed by atoms with van der Waals surface area (Å²) in [5.74, 6) is 0.215. The summed E-state index contributed by atoms with van der Waals surface area (Å²) in [5, 5.41) is 0. The van der Waals surface area contributed by atoms with Crippen molar-refractivity contribution in [3.05, 3.63) is 35.9 Å². The fourth-order valence-electron chi connectivity index (χ4n) is 1.94. The normalized spacial score (nSPS) is 31.1. The van der Waals surface area contributed by atoms with Crippen LogP contribution in [0.3, 0.4) is 0 Å². The number of carbonyl (C=O) groups is 1. The van der Waals surface area contributed by atoms with Crippen molar-refractivity contribution in [2.75, 3.05) is 0 Å². The number of esters is 1. The van der Waals surface area contributed by atoms with E-state index >= 15 is 0 Å². The molecule has 3 atom stereocenters. The Morgan fingerprint density at radius 1 is 1.33 bits per heavy atom. The first-order valence-corrected chi connectivity index (χ1v) is 6.31. The Morgan fingerprint density at radius 3 is 2.67 bits per heavy atom. The molecule has 0 aromatic heterocycles. The lowest BCUT2D eigenvalue weighted by Gasteiger charge is -2.32. The molecule has 0 aliphatic carbocycles. The van der Waals surface area contributed by atoms with Crippen molar-refractivity contribution in [3.8, 4) is 0 Å². The van der Waals surface area contributed by atoms with Gasteiger partial charge >= 0.3 is 5.97 Å². The molecular weight excluding hydrogens is 303 g/mol. The van der Waals surface area contributed by atoms with Crippen LogP contribution in [0.5, 0.6) is 0 Å². The van der Waals surface area contributed by atoms with Gasteiger partial charge in [-0.15, -0.1) is 0 Å². The average molecular weight is 316 g/mol. The SMILES string of the molecule is C[C@H]1OC(=O)C[C@@H](c2ccccc2)[C@@H]1I. The van der Waals surface area contributed by atoms with E-state index in [0.29, 0.717) is 16.3 Å². The van der Waals surface area contributed by atoms with E-state index in [4.69, 9.17) is 4.74 Å². The number of ether oxygens (including phenoxy) is 1. The van der Waals surface area contributed by atoms with Gasteiger partial charge in [-0.1, -0.05) is 52.9 Å². The fraction of sp³-hybridized carbons (Fsp3) is 0.417. The first kappa shape index (κ1) is 10.9. The predicted octanol–water partition coefficient (Wildman–Crippen LogP) is 2.91. The van der Waals surface area contributed by atoms with E-state index in [0.717, 1.165) is 0 Å². The molecule has 1 aromatic rings. The first-order chi connectivity index (χ1) is 7.18. The van der Waals surface area contributed by atoms with Crippen LogP contribution in [-0.2, 0) is 9.53 Å². The zero-order valence-corrected chi connectivity index (χ0v) is 10.7. The van der Waals surface area contributed by atoms with Crippen LogP contribution >= 0.6 is 22.6 Å². The highest BCUT2D eigenvalue weighted by molar-refractivity contribution is 14.1. The lowest BCUT2D eigenvalue weighted by Crippen LogP contribution is -2.36. The molecule has 1 aliphatic rings. The molecule has 0 amide bonds. The molecule has 2 rings (SSSR count). The third-order valence-corrected chi connectivity index (χ3v) is 4.65. The molecule has 0 radical (unpaired) electrons. The molecule has 1 saturated heterocycles. The highest BCUT2D eigenvalue weighted by Gasteiger charge is 2.35. The second kappa shape index (κ2) is 4.51. The molecule has 0 unspecified atom stereocenters. The van der Waals surface area contributed by atoms with Crippen LogP contribution in [0.1, 0.15) is 24.8 Å². The minimum atomic E-state index is -0.0794. The standard InChI is InChI=1S/C12H13IO2/c1-8-12(13)10(7-11(14)15-8)9-5-3-2-4-6-9/h2-6,8,10,12H,7H2,1H3/t8-,10+,12-/m1/s1. The van der Waals surface area contributed by atoms with E-state index in [9.17, 15) is 4.79 Å². The van der Waals surface area contributed by atoms with Crippen LogP contribution in [0.25, 0.3) is 0 Å². The highest BCUT2D eigenvalue weighted by Crippen LogP contribution is 2.35. The van der Waals surface area contributed by atoms with Gasteiger partial charge in [0.1, 0.15) is 6.10 Å². The monoisotopic (exact) mass is 316 g/mol. The van der Waals surface area contributed by atoms with Gasteiger partial charge in [0.25, 0.3) is 0 Å². The molecule has 0 bridgehead atoms. The van der Waals surface area contributed by atoms with Crippen molar-refractivity contribution in [3.63, 3.8) is 0 Å². The maximum Gasteiger partial charge on any atom is 0.306 e. The third-order valence-electron chi connectivity index (χ3n) is 2.76. The molecule has 80 valence electrons. The van der Waals surface area contributed by atoms with Gasteiger partial charge in [0, 0.05) is 5.92 Å². The van der Waals surface area contributed by atoms with Crippen LogP contribution in [0, 0.1) is 0 Å². The summed E-state index contributed by atoms with van der Waals surface area (Å²) in [5.41, 5.74) is 1.24. The number of rotatable bonds is 1. The Hall–Kier alpha value is -0.580. The Bertz CT molecular complexity index is 350. The summed E-state index contributed by atoms with van der Waals surface area (Å²) >= 11 is 2.38. The van der Waals surface area contributed by atoms with E-state index in [-0.39, 0.29) is 12.1 Å². The van der Waals surface area contributed by atoms with Gasteiger partial charge < -0.3 is 4.74 Å². The first-order valence-electron chi connectivity index (χ1n) is 5.07. The number of carbonyl (C=O) groups excluding carboxylic acids is 1. The average Bonchev–Trinajstić information content (AvgIpc) is 2.24. The van der Waals surface area contributed by atoms with Crippen molar-refractivity contribution in [1.82, 2.24) is 0 Å². The minimum absolute atomic E-state index is 0.0112. The van der Waals surface area contributed by atoms with Crippen LogP contribution in [-0.4, -0.2) is 16.0 Å². The summed E-state index contributed by atoms with van der Waals surface area (Å²) in [4.78, 5) is 11.4. The number of hydrogen-bond donors (Lipinski definition) is 0. The molecule has 15 heavy (non-hydrogen) atoms. The molecular formula is C12H13IO2. The van der Waals surface area contributed by atoms with Gasteiger partial charge in [-0.2, -0.15) is 0 Å². The Balaban J connectivity index is 2.24. The summed E-state index contributed by atoms with van der Waals surface area (Å²) in [6.07, 6.45) is 0.513. The van der Waals surface area contributed by atoms with Crippen molar-refractivity contribution in [2.45, 2.75) is 29.3 Å². The number of hydrogen-bond acceptors (Lipinski definition) is 2. The van der Waals surface area contributed by atoms with Crippen LogP contribution in [0.15, 0.2) is 30.3 Å². The third kappa shape index (κ3) is 2.33. The summed E-state index contributed by atoms with van der Waals surface area (Å²) < 4.78 is 5.57. The van der Waals surface area contributed by atoms with E-state index in [1.165, 1.54) is 5.56 Å². The Morgan fingerprint density at radius 2 is 2.00 bits per heavy atom. The minimum Gasteiger partial charge on any atom is -0.461 e. The van der Waals surface area contributed by atoms with Crippen molar-refractivity contribution >= 4 is 28.6 Å². The van der Waals surface area contributed by atoms with E-state index < -0.39 is 0 Å². The summed E-state index contributed by atoms with van der Waals surface area (Å²) in [7, 11) is 0. The van der Waals surface area contributed by atoms with Gasteiger partial charge in [0.2, 0.25) is 0 Å². The number of benzene rings is 1. The van der Waals surface area contributed by atoms with Gasteiger partial charge in [-0.05, 0) is 12.5 Å². The Labute approximate surface area is 103 Å². The number of halogens is 1. The van der Waals surface area contributed by atoms with Gasteiger partial charge in [-0.25, -0.2) is 0 Å². The fourth-order valence-corrected chi connectivity index (χ4v) is 2.76. The molecule has 3 heteroatoms. The maximum atomic E-state index is 11.4. The summed E-state index contributed by atoms with van der Waals surface area (Å²) in [6, 6.07) is 10.2. The second-order valence-corrected chi connectivity index (χ2v) is 5.30. The molecule has 0 saturated carbocycles. The quantitative estimate of drug-likeness (QED) is 0.452. The zero-order chi connectivity index (χ0) is 10.8. The molecule has 2 nitrogen and oxygen atoms in total. The van der Waals surface area contributed by atoms with Crippen LogP contribution in [0.2, 0.25) is 0 Å². The van der Waals surface area contributed by atoms with E-state index in [1.54, 1.807) is 0 Å². The largest absolute Gasteiger partial charge is 0.461 e. The van der Waals surface area contributed by atoms with Crippen molar-refractivity contribution in [1.29, 1.82) is 0 Å². The summed E-state index contributed by atoms with van der Waals surface area (Å²) in [6.45, 7) is 1.96. The van der Waals surface area contributed by atoms with Crippen molar-refractivity contribution in [2.24, 2.45) is 0 Å². The smallest absolute Gasteiger partial charge is 0.306 e. The van der Waals surface area contributed by atoms with Gasteiger partial charge in [-0.3, -0.25) is 4.79 Å². The van der Waals surface area contributed by atoms with Gasteiger partial charge in [0.05, 0.1) is 10.3 Å². The predicted molar refractivity (Wildman–Crippen MR) is 67.2 cm³/mol. The lowest BCUT2D eigenvalue weighted by molar-refractivity contribution is -0.152. The lowest BCUT2D eigenvalue weighted by atomic mass is 9.89.